The van der Waals surface area contributed by atoms with E-state index in [2.05, 4.69) is 46.2 Å². The summed E-state index contributed by atoms with van der Waals surface area (Å²) >= 11 is 0. The molecule has 3 amide bonds. The molecule has 3 N–H and O–H groups in total. The molecule has 3 rings (SSSR count). The Morgan fingerprint density at radius 2 is 1.74 bits per heavy atom. The molecule has 0 spiro atoms. The van der Waals surface area contributed by atoms with E-state index in [0.29, 0.717) is 17.8 Å². The Morgan fingerprint density at radius 1 is 1.06 bits per heavy atom. The van der Waals surface area contributed by atoms with Crippen LogP contribution >= 0.6 is 0 Å². The number of carbonyl (C=O) groups is 5. The second kappa shape index (κ2) is 16.8. The molecule has 17 nitrogen and oxygen atoms in total. The lowest BCUT2D eigenvalue weighted by atomic mass is 10.1. The fourth-order valence-corrected chi connectivity index (χ4v) is 4.05. The van der Waals surface area contributed by atoms with Gasteiger partial charge in [-0.3, -0.25) is 24.2 Å². The number of anilines is 1. The molecule has 2 aromatic heterocycles. The number of hydrogen-bond donors (Lipinski definition) is 3. The quantitative estimate of drug-likeness (QED) is 0.0644. The number of aromatic nitrogens is 4. The summed E-state index contributed by atoms with van der Waals surface area (Å²) in [5.74, 6) is -0.408. The van der Waals surface area contributed by atoms with Crippen molar-refractivity contribution >= 4 is 59.3 Å². The molecule has 0 saturated heterocycles. The summed E-state index contributed by atoms with van der Waals surface area (Å²) in [6.45, 7) is -0.0530. The van der Waals surface area contributed by atoms with E-state index < -0.39 is 41.4 Å². The molecule has 0 aliphatic rings. The number of aliphatic imine (C=N–C) groups is 1. The van der Waals surface area contributed by atoms with Gasteiger partial charge in [0.1, 0.15) is 12.1 Å². The third-order valence-corrected chi connectivity index (χ3v) is 6.38. The van der Waals surface area contributed by atoms with Crippen LogP contribution < -0.4 is 21.1 Å². The second-order valence-electron chi connectivity index (χ2n) is 10.1. The molecular weight excluding hydrogens is 614 g/mol. The van der Waals surface area contributed by atoms with Crippen molar-refractivity contribution in [3.63, 3.8) is 0 Å². The van der Waals surface area contributed by atoms with Gasteiger partial charge in [0.05, 0.1) is 39.0 Å². The number of fused-ring (bicyclic) bond motifs is 1. The van der Waals surface area contributed by atoms with Gasteiger partial charge in [-0.1, -0.05) is 0 Å². The fraction of sp³-hybridized carbons (Fsp3) is 0.333. The Bertz CT molecular complexity index is 1750. The van der Waals surface area contributed by atoms with Crippen molar-refractivity contribution in [1.29, 1.82) is 0 Å². The number of rotatable bonds is 15. The SMILES string of the molecule is C#CC[C@H](NC(=O)CC[C@H](NC(=O)c1ccc(N(C=O)Cc2cnc3nc(N=CN(C)C)[nH]c(=O)c3n2)cc1)C(=O)OC)C(=O)OC. The predicted molar refractivity (Wildman–Crippen MR) is 168 cm³/mol. The number of nitrogens with zero attached hydrogens (tertiary/aromatic N) is 6. The van der Waals surface area contributed by atoms with Crippen LogP contribution in [0.1, 0.15) is 35.3 Å². The predicted octanol–water partition coefficient (Wildman–Crippen LogP) is -0.170. The number of amides is 3. The van der Waals surface area contributed by atoms with Crippen LogP contribution in [0.2, 0.25) is 0 Å². The van der Waals surface area contributed by atoms with Crippen LogP contribution in [0.4, 0.5) is 11.6 Å². The number of nitrogens with one attached hydrogen (secondary N) is 3. The van der Waals surface area contributed by atoms with Crippen LogP contribution in [-0.2, 0) is 35.2 Å². The van der Waals surface area contributed by atoms with E-state index in [1.807, 2.05) is 0 Å². The lowest BCUT2D eigenvalue weighted by molar-refractivity contribution is -0.145. The van der Waals surface area contributed by atoms with Crippen LogP contribution in [0.15, 0.2) is 40.2 Å². The van der Waals surface area contributed by atoms with Crippen molar-refractivity contribution in [3.8, 4) is 12.3 Å². The van der Waals surface area contributed by atoms with Crippen molar-refractivity contribution in [1.82, 2.24) is 35.5 Å². The summed E-state index contributed by atoms with van der Waals surface area (Å²) in [6, 6.07) is 3.62. The molecule has 0 saturated carbocycles. The van der Waals surface area contributed by atoms with Crippen LogP contribution in [0.5, 0.6) is 0 Å². The van der Waals surface area contributed by atoms with E-state index in [0.717, 1.165) is 14.2 Å². The minimum Gasteiger partial charge on any atom is -0.467 e. The Kier molecular flexibility index (Phi) is 12.6. The Labute approximate surface area is 268 Å². The van der Waals surface area contributed by atoms with Crippen molar-refractivity contribution in [2.45, 2.75) is 37.9 Å². The van der Waals surface area contributed by atoms with Crippen molar-refractivity contribution in [2.24, 2.45) is 4.99 Å². The van der Waals surface area contributed by atoms with Gasteiger partial charge < -0.3 is 29.9 Å². The molecule has 1 aromatic carbocycles. The summed E-state index contributed by atoms with van der Waals surface area (Å²) in [6.07, 6.45) is 8.17. The number of benzene rings is 1. The molecule has 47 heavy (non-hydrogen) atoms. The normalized spacial score (nSPS) is 12.0. The molecule has 0 aliphatic carbocycles. The number of methoxy groups -OCH3 is 2. The number of carbonyl (C=O) groups excluding carboxylic acids is 5. The van der Waals surface area contributed by atoms with Gasteiger partial charge in [-0.05, 0) is 30.7 Å². The van der Waals surface area contributed by atoms with Crippen molar-refractivity contribution < 1.29 is 33.4 Å². The largest absolute Gasteiger partial charge is 0.467 e. The van der Waals surface area contributed by atoms with Crippen LogP contribution in [-0.4, -0.2) is 102 Å². The van der Waals surface area contributed by atoms with Gasteiger partial charge in [-0.25, -0.2) is 24.5 Å². The third-order valence-electron chi connectivity index (χ3n) is 6.38. The third kappa shape index (κ3) is 9.91. The summed E-state index contributed by atoms with van der Waals surface area (Å²) in [5, 5.41) is 4.96. The maximum atomic E-state index is 13.0. The van der Waals surface area contributed by atoms with Gasteiger partial charge >= 0.3 is 11.9 Å². The molecule has 3 aromatic rings. The standard InChI is InChI=1S/C30H33N9O8/c1-6-7-21(28(44)46-4)34-23(41)13-12-22(29(45)47-5)35-26(42)18-8-10-20(11-9-18)39(17-40)15-19-14-31-25-24(33-19)27(43)37-30(36-25)32-16-38(2)3/h1,8-11,14,16-17,21-22H,7,12-13,15H2,2-5H3,(H,34,41)(H,35,42)(H,31,36,37,43)/t21-,22-/m0/s1. The zero-order valence-corrected chi connectivity index (χ0v) is 26.1. The van der Waals surface area contributed by atoms with Gasteiger partial charge in [-0.15, -0.1) is 12.3 Å². The molecule has 2 heterocycles. The molecule has 0 aliphatic heterocycles. The lowest BCUT2D eigenvalue weighted by Crippen LogP contribution is -2.44. The molecule has 246 valence electrons. The first-order valence-electron chi connectivity index (χ1n) is 14.0. The lowest BCUT2D eigenvalue weighted by Gasteiger charge is -2.19. The van der Waals surface area contributed by atoms with Crippen LogP contribution in [0.3, 0.4) is 0 Å². The Hall–Kier alpha value is -6.18. The number of hydrogen-bond acceptors (Lipinski definition) is 12. The number of ether oxygens (including phenoxy) is 2. The molecular formula is C30H33N9O8. The van der Waals surface area contributed by atoms with E-state index in [4.69, 9.17) is 11.2 Å². The van der Waals surface area contributed by atoms with Gasteiger partial charge in [-0.2, -0.15) is 4.98 Å². The average molecular weight is 648 g/mol. The number of aromatic amines is 1. The second-order valence-corrected chi connectivity index (χ2v) is 10.1. The first-order chi connectivity index (χ1) is 22.5. The van der Waals surface area contributed by atoms with Crippen LogP contribution in [0.25, 0.3) is 11.2 Å². The smallest absolute Gasteiger partial charge is 0.329 e. The first kappa shape index (κ1) is 35.3. The number of H-pyrrole nitrogens is 1. The fourth-order valence-electron chi connectivity index (χ4n) is 4.05. The van der Waals surface area contributed by atoms with E-state index in [9.17, 15) is 28.8 Å². The van der Waals surface area contributed by atoms with Gasteiger partial charge in [0.2, 0.25) is 18.3 Å². The van der Waals surface area contributed by atoms with E-state index in [1.165, 1.54) is 41.7 Å². The molecule has 17 heteroatoms. The van der Waals surface area contributed by atoms with Crippen LogP contribution in [0, 0.1) is 12.3 Å². The van der Waals surface area contributed by atoms with Crippen molar-refractivity contribution in [2.75, 3.05) is 33.2 Å². The molecule has 2 atom stereocenters. The zero-order valence-electron chi connectivity index (χ0n) is 26.1. The number of esters is 2. The summed E-state index contributed by atoms with van der Waals surface area (Å²) in [4.78, 5) is 96.2. The number of terminal acetylenes is 1. The maximum absolute atomic E-state index is 13.0. The van der Waals surface area contributed by atoms with E-state index >= 15 is 0 Å². The molecule has 0 fully saturated rings. The highest BCUT2D eigenvalue weighted by Crippen LogP contribution is 2.17. The maximum Gasteiger partial charge on any atom is 0.329 e. The first-order valence-corrected chi connectivity index (χ1v) is 14.0. The average Bonchev–Trinajstić information content (AvgIpc) is 3.07. The Morgan fingerprint density at radius 3 is 2.36 bits per heavy atom. The highest BCUT2D eigenvalue weighted by Gasteiger charge is 2.25. The van der Waals surface area contributed by atoms with E-state index in [-0.39, 0.29) is 48.5 Å². The topological polar surface area (TPSA) is 218 Å². The Balaban J connectivity index is 1.67. The highest BCUT2D eigenvalue weighted by atomic mass is 16.5. The van der Waals surface area contributed by atoms with Gasteiger partial charge in [0.25, 0.3) is 11.5 Å². The minimum atomic E-state index is -1.19. The minimum absolute atomic E-state index is 0.0299. The zero-order chi connectivity index (χ0) is 34.5. The molecule has 0 unspecified atom stereocenters. The highest BCUT2D eigenvalue weighted by molar-refractivity contribution is 5.97. The summed E-state index contributed by atoms with van der Waals surface area (Å²) in [7, 11) is 5.81. The van der Waals surface area contributed by atoms with Gasteiger partial charge in [0, 0.05) is 38.2 Å². The molecule has 0 bridgehead atoms. The van der Waals surface area contributed by atoms with Gasteiger partial charge in [0.15, 0.2) is 11.2 Å². The summed E-state index contributed by atoms with van der Waals surface area (Å²) < 4.78 is 9.38. The van der Waals surface area contributed by atoms with E-state index in [1.54, 1.807) is 19.0 Å². The van der Waals surface area contributed by atoms with Crippen molar-refractivity contribution in [3.05, 3.63) is 52.1 Å². The molecule has 0 radical (unpaired) electrons. The monoisotopic (exact) mass is 647 g/mol. The summed E-state index contributed by atoms with van der Waals surface area (Å²) in [5.41, 5.74) is 0.337.